The molecule has 3 aliphatic rings. The third-order valence-electron chi connectivity index (χ3n) is 11.6. The van der Waals surface area contributed by atoms with Crippen molar-refractivity contribution in [3.8, 4) is 22.8 Å². The van der Waals surface area contributed by atoms with Gasteiger partial charge in [-0.3, -0.25) is 29.2 Å². The van der Waals surface area contributed by atoms with Gasteiger partial charge in [-0.2, -0.15) is 4.31 Å². The van der Waals surface area contributed by atoms with Gasteiger partial charge in [0.2, 0.25) is 31.9 Å². The number of methoxy groups -OCH3 is 1. The maximum absolute atomic E-state index is 15.1. The van der Waals surface area contributed by atoms with E-state index in [1.54, 1.807) is 45.0 Å². The molecule has 2 N–H and O–H groups in total. The molecule has 3 fully saturated rings. The number of carbonyl (C=O) groups excluding carboxylic acids is 3. The van der Waals surface area contributed by atoms with Crippen molar-refractivity contribution >= 4 is 54.4 Å². The summed E-state index contributed by atoms with van der Waals surface area (Å²) in [5, 5.41) is 14.6. The monoisotopic (exact) mass is 888 g/mol. The summed E-state index contributed by atoms with van der Waals surface area (Å²) in [4.78, 5) is 60.0. The molecule has 0 spiro atoms. The fourth-order valence-corrected chi connectivity index (χ4v) is 11.1. The molecule has 3 unspecified atom stereocenters. The maximum atomic E-state index is 15.1. The van der Waals surface area contributed by atoms with Crippen molar-refractivity contribution < 1.29 is 45.6 Å². The quantitative estimate of drug-likeness (QED) is 0.0952. The number of nitro groups is 1. The summed E-state index contributed by atoms with van der Waals surface area (Å²) in [6.45, 7) is 8.41. The number of hydrogen-bond donors (Lipinski definition) is 2. The number of hydrogen-bond acceptors (Lipinski definition) is 12. The lowest BCUT2D eigenvalue weighted by Crippen LogP contribution is -2.60. The summed E-state index contributed by atoms with van der Waals surface area (Å²) in [6.07, 6.45) is 1.27. The molecule has 0 radical (unpaired) electrons. The Morgan fingerprint density at radius 3 is 2.32 bits per heavy atom. The van der Waals surface area contributed by atoms with Crippen molar-refractivity contribution in [1.82, 2.24) is 24.2 Å². The topological polar surface area (TPSA) is 225 Å². The summed E-state index contributed by atoms with van der Waals surface area (Å²) < 4.78 is 69.2. The Morgan fingerprint density at radius 2 is 1.71 bits per heavy atom. The van der Waals surface area contributed by atoms with Gasteiger partial charge >= 0.3 is 0 Å². The molecule has 1 saturated heterocycles. The van der Waals surface area contributed by atoms with Gasteiger partial charge in [0.1, 0.15) is 35.2 Å². The summed E-state index contributed by atoms with van der Waals surface area (Å²) >= 11 is 0. The molecular weight excluding hydrogens is 841 g/mol. The van der Waals surface area contributed by atoms with Crippen LogP contribution in [0.2, 0.25) is 0 Å². The summed E-state index contributed by atoms with van der Waals surface area (Å²) in [6, 6.07) is 18.3. The lowest BCUT2D eigenvalue weighted by Gasteiger charge is -2.39. The molecule has 5 atom stereocenters. The second-order valence-electron chi connectivity index (χ2n) is 16.9. The number of benzene rings is 3. The number of pyridine rings is 1. The van der Waals surface area contributed by atoms with Crippen LogP contribution in [0.5, 0.6) is 11.5 Å². The van der Waals surface area contributed by atoms with E-state index in [9.17, 15) is 36.5 Å². The summed E-state index contributed by atoms with van der Waals surface area (Å²) in [5.74, 6) is -2.26. The standard InChI is InChI=1S/C43H48N6O11S2/c1-7-27-24-43(27,41(52)46-61(55,56)30-18-19-30)45-39(50)35-22-29(60-36-23-32(26-13-9-8-10-14-26)44-33-21-28(59-6)17-20-31(33)36)25-48(35)40(51)38(42(2,3)4)47(5)62(57,58)37-16-12-11-15-34(37)49(53)54/h7-17,20-21,23,27,29-30,35,38H,1,18-19,22,24-25H2,2-6H3,(H,45,50)(H,46,52)/t27?,29?,35?,38-,43-/m1/s1. The molecule has 0 bridgehead atoms. The number of aromatic nitrogens is 1. The van der Waals surface area contributed by atoms with Crippen molar-refractivity contribution in [2.75, 3.05) is 20.7 Å². The highest BCUT2D eigenvalue weighted by Gasteiger charge is 2.62. The predicted octanol–water partition coefficient (Wildman–Crippen LogP) is 4.57. The molecule has 62 heavy (non-hydrogen) atoms. The largest absolute Gasteiger partial charge is 0.497 e. The zero-order valence-corrected chi connectivity index (χ0v) is 36.4. The van der Waals surface area contributed by atoms with Crippen molar-refractivity contribution in [1.29, 1.82) is 0 Å². The Balaban J connectivity index is 1.27. The van der Waals surface area contributed by atoms with E-state index >= 15 is 4.79 Å². The van der Waals surface area contributed by atoms with E-state index in [2.05, 4.69) is 16.6 Å². The van der Waals surface area contributed by atoms with Crippen LogP contribution < -0.4 is 19.5 Å². The van der Waals surface area contributed by atoms with E-state index in [-0.39, 0.29) is 19.4 Å². The van der Waals surface area contributed by atoms with Crippen molar-refractivity contribution in [3.05, 3.63) is 102 Å². The number of likely N-dealkylation sites (N-methyl/N-ethyl adjacent to an activating group) is 1. The van der Waals surface area contributed by atoms with E-state index < -0.39 is 93.6 Å². The molecule has 3 amide bonds. The fraction of sp³-hybridized carbons (Fsp3) is 0.395. The molecule has 1 aliphatic heterocycles. The van der Waals surface area contributed by atoms with E-state index in [4.69, 9.17) is 14.5 Å². The molecule has 19 heteroatoms. The average molecular weight is 889 g/mol. The zero-order valence-electron chi connectivity index (χ0n) is 34.8. The molecule has 1 aromatic heterocycles. The van der Waals surface area contributed by atoms with E-state index in [1.165, 1.54) is 30.2 Å². The minimum Gasteiger partial charge on any atom is -0.497 e. The second kappa shape index (κ2) is 16.4. The van der Waals surface area contributed by atoms with Crippen molar-refractivity contribution in [3.63, 3.8) is 0 Å². The number of nitrogens with zero attached hydrogens (tertiary/aromatic N) is 4. The number of carbonyl (C=O) groups is 3. The molecule has 2 saturated carbocycles. The number of ether oxygens (including phenoxy) is 2. The third-order valence-corrected chi connectivity index (χ3v) is 15.3. The van der Waals surface area contributed by atoms with Crippen molar-refractivity contribution in [2.24, 2.45) is 11.3 Å². The van der Waals surface area contributed by atoms with E-state index in [0.717, 1.165) is 29.0 Å². The number of fused-ring (bicyclic) bond motifs is 1. The van der Waals surface area contributed by atoms with E-state index in [0.29, 0.717) is 40.9 Å². The zero-order chi connectivity index (χ0) is 44.9. The van der Waals surface area contributed by atoms with Gasteiger partial charge in [0.25, 0.3) is 11.6 Å². The number of rotatable bonds is 15. The van der Waals surface area contributed by atoms with Crippen molar-refractivity contribution in [2.45, 2.75) is 80.3 Å². The number of nitrogens with one attached hydrogen (secondary N) is 2. The van der Waals surface area contributed by atoms with Gasteiger partial charge in [0.05, 0.1) is 35.0 Å². The first-order valence-electron chi connectivity index (χ1n) is 19.9. The lowest BCUT2D eigenvalue weighted by atomic mass is 9.85. The predicted molar refractivity (Wildman–Crippen MR) is 229 cm³/mol. The highest BCUT2D eigenvalue weighted by molar-refractivity contribution is 7.91. The van der Waals surface area contributed by atoms with Crippen LogP contribution >= 0.6 is 0 Å². The third kappa shape index (κ3) is 8.48. The molecule has 17 nitrogen and oxygen atoms in total. The van der Waals surface area contributed by atoms with Gasteiger partial charge in [0.15, 0.2) is 4.90 Å². The smallest absolute Gasteiger partial charge is 0.289 e. The van der Waals surface area contributed by atoms with Crippen LogP contribution in [-0.4, -0.2) is 103 Å². The van der Waals surface area contributed by atoms with Crippen LogP contribution in [-0.2, 0) is 34.4 Å². The molecule has 328 valence electrons. The highest BCUT2D eigenvalue weighted by atomic mass is 32.2. The Hall–Kier alpha value is -5.92. The first-order chi connectivity index (χ1) is 29.2. The molecule has 7 rings (SSSR count). The molecule has 4 aromatic rings. The minimum atomic E-state index is -4.72. The number of likely N-dealkylation sites (tertiary alicyclic amines) is 1. The van der Waals surface area contributed by atoms with Crippen LogP contribution in [0.3, 0.4) is 0 Å². The van der Waals surface area contributed by atoms with Gasteiger partial charge < -0.3 is 19.7 Å². The Morgan fingerprint density at radius 1 is 1.03 bits per heavy atom. The highest BCUT2D eigenvalue weighted by Crippen LogP contribution is 2.46. The average Bonchev–Trinajstić information content (AvgIpc) is 4.17. The molecule has 2 heterocycles. The lowest BCUT2D eigenvalue weighted by molar-refractivity contribution is -0.387. The Labute approximate surface area is 359 Å². The van der Waals surface area contributed by atoms with Gasteiger partial charge in [-0.05, 0) is 42.9 Å². The van der Waals surface area contributed by atoms with Crippen LogP contribution in [0.25, 0.3) is 22.2 Å². The van der Waals surface area contributed by atoms with Gasteiger partial charge in [-0.1, -0.05) is 69.3 Å². The number of para-hydroxylation sites is 1. The molecule has 3 aromatic carbocycles. The molecule has 2 aliphatic carbocycles. The Kier molecular flexibility index (Phi) is 11.7. The van der Waals surface area contributed by atoms with E-state index in [1.807, 2.05) is 30.3 Å². The minimum absolute atomic E-state index is 0.0467. The SMILES string of the molecule is C=CC1C[C@]1(NC(=O)C1CC(Oc2cc(-c3ccccc3)nc3cc(OC)ccc23)CN1C(=O)[C@@H](N(C)S(=O)(=O)c1ccccc1[N+](=O)[O-])C(C)(C)C)C(=O)NS(=O)(=O)C1CC1. The number of sulfonamides is 2. The summed E-state index contributed by atoms with van der Waals surface area (Å²) in [5.41, 5.74) is -1.64. The van der Waals surface area contributed by atoms with Gasteiger partial charge in [-0.25, -0.2) is 21.8 Å². The van der Waals surface area contributed by atoms with Crippen LogP contribution in [0, 0.1) is 21.4 Å². The molecular formula is C43H48N6O11S2. The van der Waals surface area contributed by atoms with Crippen LogP contribution in [0.4, 0.5) is 5.69 Å². The number of nitro benzene ring substituents is 1. The Bertz CT molecular complexity index is 2690. The fourth-order valence-electron chi connectivity index (χ4n) is 8.08. The maximum Gasteiger partial charge on any atom is 0.289 e. The van der Waals surface area contributed by atoms with Crippen LogP contribution in [0.15, 0.2) is 96.4 Å². The number of amides is 3. The normalized spacial score (nSPS) is 21.8. The van der Waals surface area contributed by atoms with Gasteiger partial charge in [0, 0.05) is 48.5 Å². The first-order valence-corrected chi connectivity index (χ1v) is 22.9. The van der Waals surface area contributed by atoms with Crippen LogP contribution in [0.1, 0.15) is 46.5 Å². The first kappa shape index (κ1) is 44.1. The second-order valence-corrected chi connectivity index (χ2v) is 20.9. The summed E-state index contributed by atoms with van der Waals surface area (Å²) in [7, 11) is -6.04. The van der Waals surface area contributed by atoms with Gasteiger partial charge in [-0.15, -0.1) is 6.58 Å².